The fourth-order valence-electron chi connectivity index (χ4n) is 1.32. The lowest BCUT2D eigenvalue weighted by atomic mass is 10.1. The minimum Gasteiger partial charge on any atom is -0.309 e. The molecular formula is C10H14F2N2O2S. The van der Waals surface area contributed by atoms with Gasteiger partial charge in [0.15, 0.2) is 11.6 Å². The van der Waals surface area contributed by atoms with Crippen LogP contribution in [-0.2, 0) is 10.0 Å². The van der Waals surface area contributed by atoms with Gasteiger partial charge in [-0.25, -0.2) is 22.3 Å². The molecule has 0 aliphatic heterocycles. The van der Waals surface area contributed by atoms with Gasteiger partial charge >= 0.3 is 0 Å². The minimum absolute atomic E-state index is 0.152. The Kier molecular flexibility index (Phi) is 4.55. The summed E-state index contributed by atoms with van der Waals surface area (Å²) in [5, 5.41) is 7.68. The first-order valence-electron chi connectivity index (χ1n) is 4.98. The first-order valence-corrected chi connectivity index (χ1v) is 6.70. The highest BCUT2D eigenvalue weighted by Gasteiger charge is 2.10. The lowest BCUT2D eigenvalue weighted by Crippen LogP contribution is -2.29. The highest BCUT2D eigenvalue weighted by molar-refractivity contribution is 7.89. The summed E-state index contributed by atoms with van der Waals surface area (Å²) in [5.41, 5.74) is 0.540. The molecule has 4 nitrogen and oxygen atoms in total. The normalized spacial score (nSPS) is 13.6. The van der Waals surface area contributed by atoms with Crippen LogP contribution < -0.4 is 10.5 Å². The summed E-state index contributed by atoms with van der Waals surface area (Å²) in [4.78, 5) is 0. The Morgan fingerprint density at radius 1 is 1.35 bits per heavy atom. The summed E-state index contributed by atoms with van der Waals surface area (Å²) in [6, 6.07) is 3.26. The molecule has 0 spiro atoms. The minimum atomic E-state index is -3.51. The van der Waals surface area contributed by atoms with Crippen LogP contribution in [-0.4, -0.2) is 20.7 Å². The van der Waals surface area contributed by atoms with Crippen molar-refractivity contribution in [3.8, 4) is 0 Å². The van der Waals surface area contributed by atoms with Crippen molar-refractivity contribution in [3.63, 3.8) is 0 Å². The molecule has 7 heteroatoms. The van der Waals surface area contributed by atoms with E-state index in [0.717, 1.165) is 12.1 Å². The fourth-order valence-corrected chi connectivity index (χ4v) is 1.72. The largest absolute Gasteiger partial charge is 0.309 e. The quantitative estimate of drug-likeness (QED) is 0.830. The van der Waals surface area contributed by atoms with Crippen LogP contribution in [0, 0.1) is 11.6 Å². The van der Waals surface area contributed by atoms with Gasteiger partial charge in [-0.1, -0.05) is 6.07 Å². The molecule has 0 amide bonds. The average Bonchev–Trinajstić information content (AvgIpc) is 2.20. The predicted molar refractivity (Wildman–Crippen MR) is 60.7 cm³/mol. The zero-order valence-electron chi connectivity index (χ0n) is 9.28. The molecular weight excluding hydrogens is 250 g/mol. The van der Waals surface area contributed by atoms with Crippen LogP contribution in [0.3, 0.4) is 0 Å². The van der Waals surface area contributed by atoms with Crippen LogP contribution >= 0.6 is 0 Å². The number of nitrogens with one attached hydrogen (secondary N) is 1. The van der Waals surface area contributed by atoms with E-state index >= 15 is 0 Å². The molecule has 1 aromatic carbocycles. The lowest BCUT2D eigenvalue weighted by Gasteiger charge is -2.13. The fraction of sp³-hybridized carbons (Fsp3) is 0.400. The molecule has 1 aromatic rings. The van der Waals surface area contributed by atoms with Crippen LogP contribution in [0.4, 0.5) is 8.78 Å². The van der Waals surface area contributed by atoms with Crippen molar-refractivity contribution < 1.29 is 17.2 Å². The number of hydrogen-bond donors (Lipinski definition) is 2. The number of rotatable bonds is 5. The molecule has 96 valence electrons. The Balaban J connectivity index is 2.58. The Hall–Kier alpha value is -1.05. The van der Waals surface area contributed by atoms with E-state index in [4.69, 9.17) is 5.14 Å². The third-order valence-electron chi connectivity index (χ3n) is 2.28. The second-order valence-corrected chi connectivity index (χ2v) is 5.45. The molecule has 1 rings (SSSR count). The van der Waals surface area contributed by atoms with Gasteiger partial charge in [0.1, 0.15) is 0 Å². The van der Waals surface area contributed by atoms with E-state index in [9.17, 15) is 17.2 Å². The Morgan fingerprint density at radius 3 is 2.53 bits per heavy atom. The van der Waals surface area contributed by atoms with Crippen molar-refractivity contribution in [2.24, 2.45) is 5.14 Å². The molecule has 0 aliphatic carbocycles. The van der Waals surface area contributed by atoms with Crippen LogP contribution in [0.15, 0.2) is 18.2 Å². The van der Waals surface area contributed by atoms with Crippen LogP contribution in [0.25, 0.3) is 0 Å². The summed E-state index contributed by atoms with van der Waals surface area (Å²) >= 11 is 0. The first-order chi connectivity index (χ1) is 7.79. The van der Waals surface area contributed by atoms with Crippen LogP contribution in [0.2, 0.25) is 0 Å². The number of halogens is 2. The number of benzene rings is 1. The van der Waals surface area contributed by atoms with Crippen molar-refractivity contribution in [2.75, 3.05) is 12.3 Å². The predicted octanol–water partition coefficient (Wildman–Crippen LogP) is 0.904. The van der Waals surface area contributed by atoms with Gasteiger partial charge in [0.25, 0.3) is 0 Å². The SMILES string of the molecule is CC(NCCS(N)(=O)=O)c1ccc(F)c(F)c1. The monoisotopic (exact) mass is 264 g/mol. The number of hydrogen-bond acceptors (Lipinski definition) is 3. The second-order valence-electron chi connectivity index (χ2n) is 3.72. The molecule has 0 radical (unpaired) electrons. The van der Waals surface area contributed by atoms with E-state index in [1.807, 2.05) is 0 Å². The Morgan fingerprint density at radius 2 is 2.00 bits per heavy atom. The lowest BCUT2D eigenvalue weighted by molar-refractivity contribution is 0.502. The molecule has 0 bridgehead atoms. The number of sulfonamides is 1. The molecule has 0 aromatic heterocycles. The molecule has 0 aliphatic rings. The Bertz CT molecular complexity index is 491. The van der Waals surface area contributed by atoms with E-state index in [0.29, 0.717) is 5.56 Å². The van der Waals surface area contributed by atoms with Crippen LogP contribution in [0.1, 0.15) is 18.5 Å². The standard InChI is InChI=1S/C10H14F2N2O2S/c1-7(14-4-5-17(13,15)16)8-2-3-9(11)10(12)6-8/h2-3,6-7,14H,4-5H2,1H3,(H2,13,15,16). The molecule has 0 saturated heterocycles. The number of primary sulfonamides is 1. The molecule has 1 unspecified atom stereocenters. The van der Waals surface area contributed by atoms with Crippen LogP contribution in [0.5, 0.6) is 0 Å². The number of nitrogens with two attached hydrogens (primary N) is 1. The third-order valence-corrected chi connectivity index (χ3v) is 3.05. The maximum absolute atomic E-state index is 12.9. The third kappa shape index (κ3) is 4.76. The summed E-state index contributed by atoms with van der Waals surface area (Å²) < 4.78 is 47.0. The van der Waals surface area contributed by atoms with Gasteiger partial charge in [-0.3, -0.25) is 0 Å². The maximum Gasteiger partial charge on any atom is 0.210 e. The van der Waals surface area contributed by atoms with Crippen molar-refractivity contribution in [2.45, 2.75) is 13.0 Å². The summed E-state index contributed by atoms with van der Waals surface area (Å²) in [6.07, 6.45) is 0. The molecule has 17 heavy (non-hydrogen) atoms. The van der Waals surface area contributed by atoms with Gasteiger partial charge < -0.3 is 5.32 Å². The van der Waals surface area contributed by atoms with Gasteiger partial charge in [-0.05, 0) is 24.6 Å². The zero-order chi connectivity index (χ0) is 13.1. The molecule has 1 atom stereocenters. The van der Waals surface area contributed by atoms with E-state index < -0.39 is 21.7 Å². The molecule has 0 fully saturated rings. The van der Waals surface area contributed by atoms with E-state index in [1.54, 1.807) is 6.92 Å². The van der Waals surface area contributed by atoms with Gasteiger partial charge in [-0.15, -0.1) is 0 Å². The summed E-state index contributed by atoms with van der Waals surface area (Å²) in [6.45, 7) is 1.87. The van der Waals surface area contributed by atoms with E-state index in [1.165, 1.54) is 6.07 Å². The molecule has 0 saturated carbocycles. The zero-order valence-corrected chi connectivity index (χ0v) is 10.1. The van der Waals surface area contributed by atoms with Crippen molar-refractivity contribution in [3.05, 3.63) is 35.4 Å². The first kappa shape index (κ1) is 14.0. The molecule has 3 N–H and O–H groups in total. The maximum atomic E-state index is 12.9. The van der Waals surface area contributed by atoms with Crippen molar-refractivity contribution in [1.29, 1.82) is 0 Å². The van der Waals surface area contributed by atoms with Crippen molar-refractivity contribution >= 4 is 10.0 Å². The highest BCUT2D eigenvalue weighted by Crippen LogP contribution is 2.15. The van der Waals surface area contributed by atoms with Gasteiger partial charge in [0.05, 0.1) is 5.75 Å². The summed E-state index contributed by atoms with van der Waals surface area (Å²) in [5.74, 6) is -2.05. The molecule has 0 heterocycles. The average molecular weight is 264 g/mol. The smallest absolute Gasteiger partial charge is 0.210 e. The Labute approximate surface area is 98.9 Å². The second kappa shape index (κ2) is 5.52. The highest BCUT2D eigenvalue weighted by atomic mass is 32.2. The van der Waals surface area contributed by atoms with Gasteiger partial charge in [0, 0.05) is 12.6 Å². The van der Waals surface area contributed by atoms with Crippen molar-refractivity contribution in [1.82, 2.24) is 5.32 Å². The van der Waals surface area contributed by atoms with E-state index in [-0.39, 0.29) is 18.3 Å². The summed E-state index contributed by atoms with van der Waals surface area (Å²) in [7, 11) is -3.51. The van der Waals surface area contributed by atoms with E-state index in [2.05, 4.69) is 5.32 Å². The van der Waals surface area contributed by atoms with Gasteiger partial charge in [-0.2, -0.15) is 0 Å². The topological polar surface area (TPSA) is 72.2 Å². The van der Waals surface area contributed by atoms with Gasteiger partial charge in [0.2, 0.25) is 10.0 Å².